The lowest BCUT2D eigenvalue weighted by molar-refractivity contribution is 0.0521. The number of aryl methyl sites for hydroxylation is 1. The van der Waals surface area contributed by atoms with Crippen LogP contribution >= 0.6 is 0 Å². The zero-order chi connectivity index (χ0) is 14.7. The molecular weight excluding hydrogens is 256 g/mol. The van der Waals surface area contributed by atoms with Gasteiger partial charge in [-0.15, -0.1) is 0 Å². The Hall–Kier alpha value is -1.56. The number of esters is 1. The highest BCUT2D eigenvalue weighted by Crippen LogP contribution is 2.22. The highest BCUT2D eigenvalue weighted by atomic mass is 16.5. The fourth-order valence-electron chi connectivity index (χ4n) is 2.77. The number of hydrogen-bond acceptors (Lipinski definition) is 5. The van der Waals surface area contributed by atoms with Crippen molar-refractivity contribution < 1.29 is 9.53 Å². The van der Waals surface area contributed by atoms with Gasteiger partial charge < -0.3 is 19.9 Å². The van der Waals surface area contributed by atoms with E-state index in [1.807, 2.05) is 11.5 Å². The van der Waals surface area contributed by atoms with Gasteiger partial charge in [0.05, 0.1) is 6.61 Å². The largest absolute Gasteiger partial charge is 0.461 e. The van der Waals surface area contributed by atoms with Crippen LogP contribution in [0.3, 0.4) is 0 Å². The van der Waals surface area contributed by atoms with Crippen LogP contribution in [0.15, 0.2) is 0 Å². The normalized spacial score (nSPS) is 19.4. The van der Waals surface area contributed by atoms with E-state index in [4.69, 9.17) is 10.5 Å². The number of nitrogens with two attached hydrogens (primary N) is 1. The summed E-state index contributed by atoms with van der Waals surface area (Å²) < 4.78 is 6.92. The molecule has 0 bridgehead atoms. The third kappa shape index (κ3) is 2.95. The Bertz CT molecular complexity index is 484. The molecule has 0 amide bonds. The molecule has 6 nitrogen and oxygen atoms in total. The molecule has 0 aromatic carbocycles. The molecule has 112 valence electrons. The van der Waals surface area contributed by atoms with Gasteiger partial charge in [-0.05, 0) is 39.3 Å². The van der Waals surface area contributed by atoms with E-state index in [0.717, 1.165) is 32.0 Å². The molecule has 6 heteroatoms. The van der Waals surface area contributed by atoms with Crippen LogP contribution in [0.1, 0.15) is 36.6 Å². The molecule has 1 aliphatic rings. The second-order valence-corrected chi connectivity index (χ2v) is 5.27. The molecule has 1 atom stereocenters. The Labute approximate surface area is 119 Å². The van der Waals surface area contributed by atoms with Gasteiger partial charge in [-0.1, -0.05) is 6.92 Å². The third-order valence-electron chi connectivity index (χ3n) is 3.92. The van der Waals surface area contributed by atoms with Gasteiger partial charge in [-0.2, -0.15) is 0 Å². The van der Waals surface area contributed by atoms with Crippen LogP contribution in [0.5, 0.6) is 0 Å². The maximum absolute atomic E-state index is 11.8. The van der Waals surface area contributed by atoms with E-state index in [2.05, 4.69) is 16.8 Å². The Morgan fingerprint density at radius 1 is 1.50 bits per heavy atom. The van der Waals surface area contributed by atoms with Crippen molar-refractivity contribution in [2.75, 3.05) is 32.0 Å². The Kier molecular flexibility index (Phi) is 4.65. The first-order valence-electron chi connectivity index (χ1n) is 7.28. The summed E-state index contributed by atoms with van der Waals surface area (Å²) in [4.78, 5) is 18.5. The lowest BCUT2D eigenvalue weighted by atomic mass is 10.1. The van der Waals surface area contributed by atoms with E-state index in [-0.39, 0.29) is 5.69 Å². The van der Waals surface area contributed by atoms with E-state index in [1.54, 1.807) is 6.92 Å². The van der Waals surface area contributed by atoms with Gasteiger partial charge in [0, 0.05) is 13.1 Å². The second-order valence-electron chi connectivity index (χ2n) is 5.27. The predicted molar refractivity (Wildman–Crippen MR) is 77.6 cm³/mol. The first-order valence-corrected chi connectivity index (χ1v) is 7.28. The van der Waals surface area contributed by atoms with Crippen LogP contribution in [-0.2, 0) is 11.3 Å². The molecule has 1 aromatic heterocycles. The van der Waals surface area contributed by atoms with E-state index in [9.17, 15) is 4.79 Å². The number of hydrogen-bond donors (Lipinski definition) is 1. The highest BCUT2D eigenvalue weighted by Gasteiger charge is 2.25. The van der Waals surface area contributed by atoms with Crippen LogP contribution in [0, 0.1) is 12.8 Å². The van der Waals surface area contributed by atoms with Gasteiger partial charge >= 0.3 is 5.97 Å². The van der Waals surface area contributed by atoms with Gasteiger partial charge in [0.15, 0.2) is 5.69 Å². The van der Waals surface area contributed by atoms with E-state index in [1.165, 1.54) is 6.42 Å². The molecular formula is C14H24N4O2. The average Bonchev–Trinajstić information content (AvgIpc) is 2.99. The Balaban J connectivity index is 2.11. The quantitative estimate of drug-likeness (QED) is 0.823. The number of nitrogen functional groups attached to an aromatic ring is 1. The molecule has 1 saturated heterocycles. The smallest absolute Gasteiger partial charge is 0.360 e. The highest BCUT2D eigenvalue weighted by molar-refractivity contribution is 5.92. The maximum Gasteiger partial charge on any atom is 0.360 e. The monoisotopic (exact) mass is 280 g/mol. The van der Waals surface area contributed by atoms with Crippen molar-refractivity contribution in [3.05, 3.63) is 11.5 Å². The first kappa shape index (κ1) is 14.8. The molecule has 2 rings (SSSR count). The fraction of sp³-hybridized carbons (Fsp3) is 0.714. The third-order valence-corrected chi connectivity index (χ3v) is 3.92. The van der Waals surface area contributed by atoms with Gasteiger partial charge in [0.25, 0.3) is 0 Å². The number of carbonyl (C=O) groups is 1. The van der Waals surface area contributed by atoms with Crippen LogP contribution in [0.25, 0.3) is 0 Å². The van der Waals surface area contributed by atoms with Crippen molar-refractivity contribution in [3.63, 3.8) is 0 Å². The predicted octanol–water partition coefficient (Wildman–Crippen LogP) is 1.29. The molecule has 1 aliphatic heterocycles. The molecule has 0 radical (unpaired) electrons. The topological polar surface area (TPSA) is 73.4 Å². The van der Waals surface area contributed by atoms with Crippen molar-refractivity contribution in [1.82, 2.24) is 14.5 Å². The van der Waals surface area contributed by atoms with Crippen LogP contribution < -0.4 is 5.73 Å². The minimum Gasteiger partial charge on any atom is -0.461 e. The minimum atomic E-state index is -0.437. The summed E-state index contributed by atoms with van der Waals surface area (Å²) in [6.07, 6.45) is 1.17. The molecule has 0 aliphatic carbocycles. The number of nitrogens with zero attached hydrogens (tertiary/aromatic N) is 3. The fourth-order valence-corrected chi connectivity index (χ4v) is 2.77. The van der Waals surface area contributed by atoms with Crippen molar-refractivity contribution in [2.24, 2.45) is 5.92 Å². The summed E-state index contributed by atoms with van der Waals surface area (Å²) >= 11 is 0. The SMILES string of the molecule is CCOC(=O)c1nc(C)n(CC2CCN(CC)C2)c1N. The number of imidazole rings is 1. The van der Waals surface area contributed by atoms with Crippen LogP contribution in [0.2, 0.25) is 0 Å². The van der Waals surface area contributed by atoms with E-state index in [0.29, 0.717) is 18.3 Å². The molecule has 1 fully saturated rings. The number of ether oxygens (including phenoxy) is 1. The van der Waals surface area contributed by atoms with Crippen molar-refractivity contribution in [3.8, 4) is 0 Å². The standard InChI is InChI=1S/C14H24N4O2/c1-4-17-7-6-11(8-17)9-18-10(3)16-12(13(18)15)14(19)20-5-2/h11H,4-9,15H2,1-3H3. The average molecular weight is 280 g/mol. The lowest BCUT2D eigenvalue weighted by Gasteiger charge is -2.15. The summed E-state index contributed by atoms with van der Waals surface area (Å²) in [7, 11) is 0. The molecule has 1 unspecified atom stereocenters. The Morgan fingerprint density at radius 2 is 2.25 bits per heavy atom. The van der Waals surface area contributed by atoms with Crippen molar-refractivity contribution in [2.45, 2.75) is 33.7 Å². The Morgan fingerprint density at radius 3 is 2.85 bits per heavy atom. The number of anilines is 1. The molecule has 0 spiro atoms. The van der Waals surface area contributed by atoms with Crippen molar-refractivity contribution in [1.29, 1.82) is 0 Å². The maximum atomic E-state index is 11.8. The minimum absolute atomic E-state index is 0.245. The summed E-state index contributed by atoms with van der Waals surface area (Å²) in [5.41, 5.74) is 6.31. The van der Waals surface area contributed by atoms with Gasteiger partial charge in [-0.3, -0.25) is 0 Å². The zero-order valence-electron chi connectivity index (χ0n) is 12.6. The zero-order valence-corrected chi connectivity index (χ0v) is 12.6. The van der Waals surface area contributed by atoms with Crippen molar-refractivity contribution >= 4 is 11.8 Å². The number of carbonyl (C=O) groups excluding carboxylic acids is 1. The summed E-state index contributed by atoms with van der Waals surface area (Å²) in [5, 5.41) is 0. The molecule has 1 aromatic rings. The first-order chi connectivity index (χ1) is 9.56. The van der Waals surface area contributed by atoms with E-state index < -0.39 is 5.97 Å². The molecule has 2 N–H and O–H groups in total. The van der Waals surface area contributed by atoms with Gasteiger partial charge in [-0.25, -0.2) is 9.78 Å². The summed E-state index contributed by atoms with van der Waals surface area (Å²) in [6.45, 7) is 10.3. The molecule has 0 saturated carbocycles. The number of rotatable bonds is 5. The molecule has 2 heterocycles. The second kappa shape index (κ2) is 6.26. The molecule has 20 heavy (non-hydrogen) atoms. The van der Waals surface area contributed by atoms with Crippen LogP contribution in [-0.4, -0.2) is 46.7 Å². The number of likely N-dealkylation sites (tertiary alicyclic amines) is 1. The van der Waals surface area contributed by atoms with Gasteiger partial charge in [0.2, 0.25) is 0 Å². The number of aromatic nitrogens is 2. The van der Waals surface area contributed by atoms with E-state index >= 15 is 0 Å². The summed E-state index contributed by atoms with van der Waals surface area (Å²) in [6, 6.07) is 0. The lowest BCUT2D eigenvalue weighted by Crippen LogP contribution is -2.22. The van der Waals surface area contributed by atoms with Gasteiger partial charge in [0.1, 0.15) is 11.6 Å². The van der Waals surface area contributed by atoms with Crippen LogP contribution in [0.4, 0.5) is 5.82 Å². The summed E-state index contributed by atoms with van der Waals surface area (Å²) in [5.74, 6) is 1.34.